The summed E-state index contributed by atoms with van der Waals surface area (Å²) < 4.78 is 5.10. The summed E-state index contributed by atoms with van der Waals surface area (Å²) in [4.78, 5) is 15.1. The van der Waals surface area contributed by atoms with Gasteiger partial charge in [-0.05, 0) is 23.8 Å². The largest absolute Gasteiger partial charge is 0.208 e. The Morgan fingerprint density at radius 3 is 1.55 bits per heavy atom. The van der Waals surface area contributed by atoms with Gasteiger partial charge in [0.05, 0.1) is 0 Å². The van der Waals surface area contributed by atoms with Gasteiger partial charge in [0.2, 0.25) is 0 Å². The first-order valence-corrected chi connectivity index (χ1v) is 16.2. The first-order chi connectivity index (χ1) is 21.8. The fourth-order valence-corrected chi connectivity index (χ4v) is 8.55. The zero-order valence-electron chi connectivity index (χ0n) is 23.4. The summed E-state index contributed by atoms with van der Waals surface area (Å²) in [5.74, 6) is 2.01. The van der Waals surface area contributed by atoms with Gasteiger partial charge in [-0.3, -0.25) is 0 Å². The van der Waals surface area contributed by atoms with Crippen molar-refractivity contribution in [2.45, 2.75) is 0 Å². The van der Waals surface area contributed by atoms with Crippen molar-refractivity contribution in [2.75, 3.05) is 0 Å². The minimum absolute atomic E-state index is 0.668. The highest BCUT2D eigenvalue weighted by Crippen LogP contribution is 2.47. The topological polar surface area (TPSA) is 38.7 Å². The maximum atomic E-state index is 5.10. The SMILES string of the molecule is c1ccc(-c2nc(-c3ccccc3)nc(-c3cccc4sc5cccc(-c6cccc7c6sc6ccccc67)c5c34)n2)cc1. The molecule has 0 fully saturated rings. The van der Waals surface area contributed by atoms with E-state index in [0.717, 1.165) is 16.7 Å². The van der Waals surface area contributed by atoms with E-state index in [1.807, 2.05) is 59.1 Å². The molecule has 0 N–H and O–H groups in total. The first-order valence-electron chi connectivity index (χ1n) is 14.5. The maximum absolute atomic E-state index is 5.10. The average molecular weight is 598 g/mol. The van der Waals surface area contributed by atoms with Crippen LogP contribution in [-0.2, 0) is 0 Å². The Balaban J connectivity index is 1.34. The molecule has 0 aliphatic carbocycles. The van der Waals surface area contributed by atoms with Crippen LogP contribution in [0.3, 0.4) is 0 Å². The number of thiophene rings is 2. The predicted octanol–water partition coefficient (Wildman–Crippen LogP) is 11.3. The van der Waals surface area contributed by atoms with Crippen LogP contribution in [0.5, 0.6) is 0 Å². The van der Waals surface area contributed by atoms with Crippen LogP contribution in [-0.4, -0.2) is 15.0 Å². The Bertz CT molecular complexity index is 2440. The molecule has 0 spiro atoms. The van der Waals surface area contributed by atoms with Crippen LogP contribution in [0.1, 0.15) is 0 Å². The van der Waals surface area contributed by atoms with E-state index in [0.29, 0.717) is 17.5 Å². The molecule has 0 unspecified atom stereocenters. The van der Waals surface area contributed by atoms with Crippen molar-refractivity contribution in [1.82, 2.24) is 15.0 Å². The third-order valence-corrected chi connectivity index (χ3v) is 10.5. The molecule has 0 radical (unpaired) electrons. The monoisotopic (exact) mass is 597 g/mol. The minimum atomic E-state index is 0.668. The molecule has 3 aromatic heterocycles. The molecule has 9 rings (SSSR count). The molecule has 6 aromatic carbocycles. The number of hydrogen-bond donors (Lipinski definition) is 0. The second-order valence-electron chi connectivity index (χ2n) is 10.8. The van der Waals surface area contributed by atoms with Crippen LogP contribution in [0.25, 0.3) is 85.6 Å². The van der Waals surface area contributed by atoms with E-state index in [9.17, 15) is 0 Å². The third kappa shape index (κ3) is 4.05. The van der Waals surface area contributed by atoms with Gasteiger partial charge in [0.1, 0.15) is 0 Å². The van der Waals surface area contributed by atoms with Gasteiger partial charge in [-0.1, -0.05) is 121 Å². The van der Waals surface area contributed by atoms with E-state index in [1.54, 1.807) is 0 Å². The van der Waals surface area contributed by atoms with E-state index in [4.69, 9.17) is 15.0 Å². The van der Waals surface area contributed by atoms with Gasteiger partial charge < -0.3 is 0 Å². The Morgan fingerprint density at radius 2 is 0.841 bits per heavy atom. The lowest BCUT2D eigenvalue weighted by Gasteiger charge is -2.11. The highest BCUT2D eigenvalue weighted by Gasteiger charge is 2.20. The fraction of sp³-hybridized carbons (Fsp3) is 0. The van der Waals surface area contributed by atoms with Crippen LogP contribution in [0.4, 0.5) is 0 Å². The van der Waals surface area contributed by atoms with Crippen LogP contribution in [0, 0.1) is 0 Å². The van der Waals surface area contributed by atoms with E-state index in [1.165, 1.54) is 51.5 Å². The summed E-state index contributed by atoms with van der Waals surface area (Å²) in [5.41, 5.74) is 5.44. The summed E-state index contributed by atoms with van der Waals surface area (Å²) >= 11 is 3.69. The second-order valence-corrected chi connectivity index (χ2v) is 12.9. The normalized spacial score (nSPS) is 11.6. The molecule has 3 heterocycles. The summed E-state index contributed by atoms with van der Waals surface area (Å²) in [5, 5.41) is 5.04. The van der Waals surface area contributed by atoms with Gasteiger partial charge in [0, 0.05) is 62.6 Å². The van der Waals surface area contributed by atoms with Crippen LogP contribution in [0.15, 0.2) is 140 Å². The lowest BCUT2D eigenvalue weighted by Crippen LogP contribution is -2.00. The highest BCUT2D eigenvalue weighted by atomic mass is 32.1. The maximum Gasteiger partial charge on any atom is 0.164 e. The van der Waals surface area contributed by atoms with Crippen molar-refractivity contribution in [3.8, 4) is 45.3 Å². The predicted molar refractivity (Wildman–Crippen MR) is 187 cm³/mol. The average Bonchev–Trinajstić information content (AvgIpc) is 3.68. The highest BCUT2D eigenvalue weighted by molar-refractivity contribution is 7.27. The van der Waals surface area contributed by atoms with Gasteiger partial charge in [0.25, 0.3) is 0 Å². The smallest absolute Gasteiger partial charge is 0.164 e. The lowest BCUT2D eigenvalue weighted by molar-refractivity contribution is 1.08. The van der Waals surface area contributed by atoms with Crippen molar-refractivity contribution in [3.05, 3.63) is 140 Å². The zero-order chi connectivity index (χ0) is 29.0. The van der Waals surface area contributed by atoms with Gasteiger partial charge >= 0.3 is 0 Å². The van der Waals surface area contributed by atoms with Crippen molar-refractivity contribution in [2.24, 2.45) is 0 Å². The number of hydrogen-bond acceptors (Lipinski definition) is 5. The Morgan fingerprint density at radius 1 is 0.341 bits per heavy atom. The zero-order valence-corrected chi connectivity index (χ0v) is 25.1. The molecule has 0 saturated heterocycles. The fourth-order valence-electron chi connectivity index (χ4n) is 6.17. The number of aromatic nitrogens is 3. The second kappa shape index (κ2) is 10.2. The molecule has 206 valence electrons. The summed E-state index contributed by atoms with van der Waals surface area (Å²) in [6.07, 6.45) is 0. The molecule has 44 heavy (non-hydrogen) atoms. The van der Waals surface area contributed by atoms with Crippen LogP contribution >= 0.6 is 22.7 Å². The molecule has 0 atom stereocenters. The first kappa shape index (κ1) is 25.3. The molecule has 0 aliphatic rings. The van der Waals surface area contributed by atoms with Gasteiger partial charge in [-0.15, -0.1) is 22.7 Å². The van der Waals surface area contributed by atoms with Crippen molar-refractivity contribution in [1.29, 1.82) is 0 Å². The molecular formula is C39H23N3S2. The van der Waals surface area contributed by atoms with E-state index in [-0.39, 0.29) is 0 Å². The van der Waals surface area contributed by atoms with Crippen LogP contribution < -0.4 is 0 Å². The van der Waals surface area contributed by atoms with E-state index >= 15 is 0 Å². The summed E-state index contributed by atoms with van der Waals surface area (Å²) in [7, 11) is 0. The Labute approximate surface area is 261 Å². The number of benzene rings is 6. The molecular weight excluding hydrogens is 575 g/mol. The lowest BCUT2D eigenvalue weighted by atomic mass is 9.96. The molecule has 0 bridgehead atoms. The minimum Gasteiger partial charge on any atom is -0.208 e. The van der Waals surface area contributed by atoms with Crippen molar-refractivity contribution >= 4 is 63.0 Å². The standard InChI is InChI=1S/C39H23N3S2/c1-3-12-24(13-4-1)37-40-38(25-14-5-2-6-15-25)42-39(41-37)30-20-11-23-33-35(30)34-27(17-10-22-32(34)43-33)29-19-9-18-28-26-16-7-8-21-31(26)44-36(28)29/h1-23H. The van der Waals surface area contributed by atoms with Gasteiger partial charge in [-0.2, -0.15) is 0 Å². The summed E-state index contributed by atoms with van der Waals surface area (Å²) in [6.45, 7) is 0. The molecule has 0 aliphatic heterocycles. The number of rotatable bonds is 4. The van der Waals surface area contributed by atoms with Crippen LogP contribution in [0.2, 0.25) is 0 Å². The van der Waals surface area contributed by atoms with Gasteiger partial charge in [-0.25, -0.2) is 15.0 Å². The van der Waals surface area contributed by atoms with Crippen molar-refractivity contribution < 1.29 is 0 Å². The third-order valence-electron chi connectivity index (χ3n) is 8.16. The molecule has 3 nitrogen and oxygen atoms in total. The summed E-state index contributed by atoms with van der Waals surface area (Å²) in [6, 6.07) is 48.9. The van der Waals surface area contributed by atoms with Gasteiger partial charge in [0.15, 0.2) is 17.5 Å². The Kier molecular flexibility index (Phi) is 5.86. The molecule has 9 aromatic rings. The molecule has 0 amide bonds. The number of nitrogens with zero attached hydrogens (tertiary/aromatic N) is 3. The van der Waals surface area contributed by atoms with E-state index < -0.39 is 0 Å². The van der Waals surface area contributed by atoms with Crippen molar-refractivity contribution in [3.63, 3.8) is 0 Å². The number of fused-ring (bicyclic) bond motifs is 6. The quantitative estimate of drug-likeness (QED) is 0.203. The molecule has 0 saturated carbocycles. The molecule has 5 heteroatoms. The Hall–Kier alpha value is -5.23. The van der Waals surface area contributed by atoms with E-state index in [2.05, 4.69) is 103 Å².